The largest absolute Gasteiger partial charge is 0.396 e. The molecule has 0 spiro atoms. The molecule has 5 nitrogen and oxygen atoms in total. The molecule has 0 radical (unpaired) electrons. The van der Waals surface area contributed by atoms with E-state index in [4.69, 9.17) is 11.5 Å². The number of nitrogens with zero attached hydrogens (tertiary/aromatic N) is 1. The molecule has 1 rings (SSSR count). The summed E-state index contributed by atoms with van der Waals surface area (Å²) < 4.78 is 0. The molecule has 0 saturated heterocycles. The van der Waals surface area contributed by atoms with E-state index in [1.807, 2.05) is 0 Å². The van der Waals surface area contributed by atoms with Gasteiger partial charge in [0.2, 0.25) is 0 Å². The minimum Gasteiger partial charge on any atom is -0.396 e. The van der Waals surface area contributed by atoms with Crippen LogP contribution in [0.2, 0.25) is 0 Å². The van der Waals surface area contributed by atoms with Gasteiger partial charge in [0.15, 0.2) is 11.6 Å². The molecule has 8 heteroatoms. The lowest BCUT2D eigenvalue weighted by Crippen LogP contribution is -2.05. The fourth-order valence-corrected chi connectivity index (χ4v) is 0.946. The zero-order chi connectivity index (χ0) is 9.14. The molecule has 0 aromatic carbocycles. The van der Waals surface area contributed by atoms with E-state index < -0.39 is 0 Å². The Bertz CT molecular complexity index is 269. The average Bonchev–Trinajstić information content (AvgIpc) is 2.05. The number of anilines is 4. The highest BCUT2D eigenvalue weighted by atomic mass is 35.5. The maximum atomic E-state index is 5.62. The summed E-state index contributed by atoms with van der Waals surface area (Å²) in [6.07, 6.45) is 0. The number of rotatable bonds is 2. The van der Waals surface area contributed by atoms with Crippen LogP contribution in [-0.2, 0) is 0 Å². The summed E-state index contributed by atoms with van der Waals surface area (Å²) in [5, 5.41) is 5.73. The molecular weight excluding hydrogens is 260 g/mol. The summed E-state index contributed by atoms with van der Waals surface area (Å²) in [6, 6.07) is 1.67. The molecule has 1 aromatic heterocycles. The van der Waals surface area contributed by atoms with Crippen molar-refractivity contribution in [2.24, 2.45) is 0 Å². The fraction of sp³-hybridized carbons (Fsp3) is 0.286. The van der Waals surface area contributed by atoms with E-state index in [1.165, 1.54) is 0 Å². The van der Waals surface area contributed by atoms with Gasteiger partial charge < -0.3 is 22.1 Å². The Kier molecular flexibility index (Phi) is 11.2. The van der Waals surface area contributed by atoms with Crippen LogP contribution in [0.15, 0.2) is 6.07 Å². The highest BCUT2D eigenvalue weighted by Crippen LogP contribution is 2.24. The van der Waals surface area contributed by atoms with Gasteiger partial charge in [-0.1, -0.05) is 0 Å². The van der Waals surface area contributed by atoms with Crippen molar-refractivity contribution >= 4 is 60.2 Å². The van der Waals surface area contributed by atoms with Crippen molar-refractivity contribution in [2.45, 2.75) is 0 Å². The van der Waals surface area contributed by atoms with Crippen LogP contribution < -0.4 is 22.1 Å². The van der Waals surface area contributed by atoms with Gasteiger partial charge in [-0.2, -0.15) is 0 Å². The fourth-order valence-electron chi connectivity index (χ4n) is 0.946. The minimum absolute atomic E-state index is 0. The lowest BCUT2D eigenvalue weighted by atomic mass is 10.3. The number of hydrogen-bond acceptors (Lipinski definition) is 5. The first kappa shape index (κ1) is 19.7. The van der Waals surface area contributed by atoms with E-state index in [1.54, 1.807) is 20.2 Å². The van der Waals surface area contributed by atoms with Crippen LogP contribution in [-0.4, -0.2) is 19.1 Å². The van der Waals surface area contributed by atoms with Gasteiger partial charge in [0, 0.05) is 14.1 Å². The van der Waals surface area contributed by atoms with E-state index in [9.17, 15) is 0 Å². The molecule has 15 heavy (non-hydrogen) atoms. The average molecular weight is 277 g/mol. The molecule has 1 heterocycles. The topological polar surface area (TPSA) is 89.0 Å². The van der Waals surface area contributed by atoms with Crippen molar-refractivity contribution in [2.75, 3.05) is 36.2 Å². The molecule has 0 aliphatic heterocycles. The Morgan fingerprint density at radius 3 is 1.53 bits per heavy atom. The van der Waals surface area contributed by atoms with Crippen molar-refractivity contribution in [3.63, 3.8) is 0 Å². The summed E-state index contributed by atoms with van der Waals surface area (Å²) in [6.45, 7) is 0. The molecule has 6 N–H and O–H groups in total. The maximum absolute atomic E-state index is 5.62. The zero-order valence-electron chi connectivity index (χ0n) is 8.40. The third-order valence-electron chi connectivity index (χ3n) is 1.56. The molecule has 90 valence electrons. The standard InChI is InChI=1S/C7H13N5.3ClH/c1-10-6-4(8)3-5(9)7(11-2)12-6;;;/h3H,8-9H2,1-2H3,(H2,10,11,12);3*1H. The molecule has 0 unspecified atom stereocenters. The van der Waals surface area contributed by atoms with Gasteiger partial charge in [0.1, 0.15) is 0 Å². The van der Waals surface area contributed by atoms with Gasteiger partial charge in [-0.05, 0) is 6.07 Å². The van der Waals surface area contributed by atoms with Crippen LogP contribution in [0.5, 0.6) is 0 Å². The second kappa shape index (κ2) is 8.52. The summed E-state index contributed by atoms with van der Waals surface area (Å²) in [4.78, 5) is 4.14. The van der Waals surface area contributed by atoms with E-state index in [0.717, 1.165) is 0 Å². The number of nitrogens with one attached hydrogen (secondary N) is 2. The molecule has 0 fully saturated rings. The van der Waals surface area contributed by atoms with Crippen molar-refractivity contribution in [1.82, 2.24) is 4.98 Å². The highest BCUT2D eigenvalue weighted by Gasteiger charge is 2.03. The number of nitrogen functional groups attached to an aromatic ring is 2. The van der Waals surface area contributed by atoms with Crippen LogP contribution >= 0.6 is 37.2 Å². The first-order valence-electron chi connectivity index (χ1n) is 3.60. The smallest absolute Gasteiger partial charge is 0.151 e. The van der Waals surface area contributed by atoms with E-state index >= 15 is 0 Å². The van der Waals surface area contributed by atoms with Gasteiger partial charge in [0.25, 0.3) is 0 Å². The van der Waals surface area contributed by atoms with Gasteiger partial charge in [0.05, 0.1) is 11.4 Å². The third kappa shape index (κ3) is 4.51. The third-order valence-corrected chi connectivity index (χ3v) is 1.56. The minimum atomic E-state index is 0. The number of nitrogens with two attached hydrogens (primary N) is 2. The monoisotopic (exact) mass is 275 g/mol. The van der Waals surface area contributed by atoms with E-state index in [2.05, 4.69) is 15.6 Å². The Balaban J connectivity index is -0.000000480. The van der Waals surface area contributed by atoms with Gasteiger partial charge in [-0.25, -0.2) is 4.98 Å². The SMILES string of the molecule is CNc1nc(NC)c(N)cc1N.Cl.Cl.Cl. The van der Waals surface area contributed by atoms with Gasteiger partial charge in [-0.3, -0.25) is 0 Å². The van der Waals surface area contributed by atoms with Crippen LogP contribution in [0.1, 0.15) is 0 Å². The molecule has 0 atom stereocenters. The number of halogens is 3. The predicted molar refractivity (Wildman–Crippen MR) is 73.9 cm³/mol. The second-order valence-electron chi connectivity index (χ2n) is 2.36. The van der Waals surface area contributed by atoms with Crippen LogP contribution in [0.3, 0.4) is 0 Å². The molecule has 0 aliphatic rings. The number of hydrogen-bond donors (Lipinski definition) is 4. The number of aromatic nitrogens is 1. The lowest BCUT2D eigenvalue weighted by molar-refractivity contribution is 1.27. The van der Waals surface area contributed by atoms with Gasteiger partial charge in [-0.15, -0.1) is 37.2 Å². The summed E-state index contributed by atoms with van der Waals surface area (Å²) in [5.74, 6) is 1.27. The summed E-state index contributed by atoms with van der Waals surface area (Å²) >= 11 is 0. The van der Waals surface area contributed by atoms with E-state index in [-0.39, 0.29) is 37.2 Å². The lowest BCUT2D eigenvalue weighted by Gasteiger charge is -2.08. The predicted octanol–water partition coefficient (Wildman–Crippen LogP) is 1.59. The molecule has 0 amide bonds. The Labute approximate surface area is 108 Å². The van der Waals surface area contributed by atoms with Crippen LogP contribution in [0.25, 0.3) is 0 Å². The summed E-state index contributed by atoms with van der Waals surface area (Å²) in [7, 11) is 3.52. The van der Waals surface area contributed by atoms with E-state index in [0.29, 0.717) is 23.0 Å². The second-order valence-corrected chi connectivity index (χ2v) is 2.36. The zero-order valence-corrected chi connectivity index (χ0v) is 10.9. The van der Waals surface area contributed by atoms with Crippen LogP contribution in [0, 0.1) is 0 Å². The molecule has 1 aromatic rings. The molecule has 0 aliphatic carbocycles. The molecule has 0 bridgehead atoms. The quantitative estimate of drug-likeness (QED) is 0.659. The van der Waals surface area contributed by atoms with Crippen molar-refractivity contribution in [3.8, 4) is 0 Å². The first-order valence-corrected chi connectivity index (χ1v) is 3.60. The van der Waals surface area contributed by atoms with Crippen LogP contribution in [0.4, 0.5) is 23.0 Å². The Morgan fingerprint density at radius 2 is 1.27 bits per heavy atom. The van der Waals surface area contributed by atoms with Crippen molar-refractivity contribution in [1.29, 1.82) is 0 Å². The van der Waals surface area contributed by atoms with Crippen molar-refractivity contribution in [3.05, 3.63) is 6.07 Å². The first-order chi connectivity index (χ1) is 5.69. The van der Waals surface area contributed by atoms with Crippen molar-refractivity contribution < 1.29 is 0 Å². The normalized spacial score (nSPS) is 7.60. The summed E-state index contributed by atoms with van der Waals surface area (Å²) in [5.41, 5.74) is 12.3. The number of pyridine rings is 1. The molecular formula is C7H16Cl3N5. The Hall–Kier alpha value is -0.780. The molecule has 0 saturated carbocycles. The maximum Gasteiger partial charge on any atom is 0.151 e. The highest BCUT2D eigenvalue weighted by molar-refractivity contribution is 5.86. The van der Waals surface area contributed by atoms with Gasteiger partial charge >= 0.3 is 0 Å². The Morgan fingerprint density at radius 1 is 0.933 bits per heavy atom.